The molecule has 2 aromatic heterocycles. The van der Waals surface area contributed by atoms with Crippen LogP contribution in [-0.2, 0) is 34.4 Å². The monoisotopic (exact) mass is 842 g/mol. The third kappa shape index (κ3) is 14.8. The number of nitrogen functional groups attached to an aromatic ring is 1. The lowest BCUT2D eigenvalue weighted by molar-refractivity contribution is -0.0790. The number of phosphoric ester groups is 1. The normalized spacial score (nSPS) is 20.6. The summed E-state index contributed by atoms with van der Waals surface area (Å²) < 4.78 is 47.9. The molecule has 1 aromatic carbocycles. The zero-order valence-corrected chi connectivity index (χ0v) is 35.5. The molecule has 1 saturated heterocycles. The van der Waals surface area contributed by atoms with Crippen LogP contribution in [0.3, 0.4) is 0 Å². The predicted molar refractivity (Wildman–Crippen MR) is 220 cm³/mol. The molecule has 0 aliphatic carbocycles. The summed E-state index contributed by atoms with van der Waals surface area (Å²) in [5.41, 5.74) is 5.33. The molecule has 0 amide bonds. The van der Waals surface area contributed by atoms with Crippen LogP contribution in [0.5, 0.6) is 5.75 Å². The van der Waals surface area contributed by atoms with Crippen molar-refractivity contribution in [2.24, 2.45) is 0 Å². The summed E-state index contributed by atoms with van der Waals surface area (Å²) >= 11 is 0. The second-order valence-corrected chi connectivity index (χ2v) is 16.6. The van der Waals surface area contributed by atoms with Crippen molar-refractivity contribution in [3.05, 3.63) is 53.5 Å². The van der Waals surface area contributed by atoms with E-state index in [1.165, 1.54) is 101 Å². The Bertz CT molecular complexity index is 1840. The number of methoxy groups -OCH3 is 1. The van der Waals surface area contributed by atoms with E-state index in [0.29, 0.717) is 29.0 Å². The van der Waals surface area contributed by atoms with Gasteiger partial charge < -0.3 is 39.8 Å². The number of anilines is 1. The van der Waals surface area contributed by atoms with E-state index in [-0.39, 0.29) is 24.7 Å². The second-order valence-electron chi connectivity index (χ2n) is 15.2. The van der Waals surface area contributed by atoms with Gasteiger partial charge in [-0.25, -0.2) is 14.1 Å². The Labute approximate surface area is 348 Å². The summed E-state index contributed by atoms with van der Waals surface area (Å²) in [4.78, 5) is 14.6. The summed E-state index contributed by atoms with van der Waals surface area (Å²) in [6.07, 6.45) is 15.9. The van der Waals surface area contributed by atoms with Gasteiger partial charge in [0.1, 0.15) is 60.8 Å². The number of ether oxygens (including phenoxy) is 4. The standard InChI is InChI=1S/C42H63N6O10P/c1-3-4-5-6-7-8-9-10-11-12-13-14-15-16-17-18-23-54-27-34(55-26-32-19-22-37(53-2)33(24-32)25-43)28-56-59(51,52)57-30-42(29-44)40(50)38(49)39(58-42)35-20-21-36-41(45)46-31-47-48(35)36/h19-22,24,31,34,38-40,49-50H,3-18,23,26-28,30H2,1-2H3,(H,51,52)(H2,45,46,47)/t34-,38+,39+,40+,42-/m1/s1. The molecule has 0 radical (unpaired) electrons. The van der Waals surface area contributed by atoms with Gasteiger partial charge in [0.05, 0.1) is 38.2 Å². The number of nitrogens with two attached hydrogens (primary N) is 1. The molecule has 1 unspecified atom stereocenters. The van der Waals surface area contributed by atoms with E-state index < -0.39 is 51.1 Å². The highest BCUT2D eigenvalue weighted by atomic mass is 31.2. The van der Waals surface area contributed by atoms with Crippen LogP contribution in [0.15, 0.2) is 36.7 Å². The van der Waals surface area contributed by atoms with Crippen LogP contribution in [-0.4, -0.2) is 87.2 Å². The molecular weight excluding hydrogens is 779 g/mol. The van der Waals surface area contributed by atoms with Crippen LogP contribution in [0.1, 0.15) is 133 Å². The average molecular weight is 843 g/mol. The second kappa shape index (κ2) is 25.2. The quantitative estimate of drug-likeness (QED) is 0.0382. The van der Waals surface area contributed by atoms with Crippen LogP contribution in [0.4, 0.5) is 5.82 Å². The van der Waals surface area contributed by atoms with E-state index >= 15 is 0 Å². The van der Waals surface area contributed by atoms with Gasteiger partial charge in [-0.1, -0.05) is 109 Å². The molecule has 1 aliphatic heterocycles. The van der Waals surface area contributed by atoms with Gasteiger partial charge >= 0.3 is 7.82 Å². The van der Waals surface area contributed by atoms with Gasteiger partial charge in [-0.3, -0.25) is 9.05 Å². The molecule has 3 aromatic rings. The number of nitriles is 2. The zero-order valence-electron chi connectivity index (χ0n) is 34.6. The van der Waals surface area contributed by atoms with Crippen molar-refractivity contribution in [1.29, 1.82) is 10.5 Å². The maximum absolute atomic E-state index is 13.1. The van der Waals surface area contributed by atoms with Gasteiger partial charge in [0.25, 0.3) is 0 Å². The van der Waals surface area contributed by atoms with E-state index in [1.54, 1.807) is 36.4 Å². The van der Waals surface area contributed by atoms with Crippen molar-refractivity contribution >= 4 is 19.2 Å². The molecule has 4 rings (SSSR count). The van der Waals surface area contributed by atoms with Gasteiger partial charge in [-0.2, -0.15) is 15.6 Å². The summed E-state index contributed by atoms with van der Waals surface area (Å²) in [6, 6.07) is 12.0. The van der Waals surface area contributed by atoms with E-state index in [0.717, 1.165) is 19.3 Å². The Hall–Kier alpha value is -3.67. The van der Waals surface area contributed by atoms with Crippen LogP contribution in [0, 0.1) is 22.7 Å². The molecule has 5 N–H and O–H groups in total. The molecule has 6 atom stereocenters. The molecule has 17 heteroatoms. The van der Waals surface area contributed by atoms with Gasteiger partial charge in [0.15, 0.2) is 5.82 Å². The number of phosphoric acid groups is 1. The fourth-order valence-corrected chi connectivity index (χ4v) is 7.91. The molecule has 0 bridgehead atoms. The fourth-order valence-electron chi connectivity index (χ4n) is 7.13. The Morgan fingerprint density at radius 2 is 1.58 bits per heavy atom. The number of hydrogen-bond acceptors (Lipinski definition) is 14. The summed E-state index contributed by atoms with van der Waals surface area (Å²) in [5, 5.41) is 45.5. The lowest BCUT2D eigenvalue weighted by atomic mass is 9.96. The molecule has 1 aliphatic rings. The minimum atomic E-state index is -4.89. The van der Waals surface area contributed by atoms with E-state index in [2.05, 4.69) is 23.1 Å². The Kier molecular flexibility index (Phi) is 20.5. The fraction of sp³-hybridized carbons (Fsp3) is 0.667. The molecule has 0 saturated carbocycles. The summed E-state index contributed by atoms with van der Waals surface area (Å²) in [7, 11) is -3.41. The maximum atomic E-state index is 13.1. The third-order valence-electron chi connectivity index (χ3n) is 10.6. The number of nitrogens with zero attached hydrogens (tertiary/aromatic N) is 5. The number of unbranched alkanes of at least 4 members (excludes halogenated alkanes) is 15. The van der Waals surface area contributed by atoms with Crippen molar-refractivity contribution in [1.82, 2.24) is 14.6 Å². The number of fused-ring (bicyclic) bond motifs is 1. The molecule has 16 nitrogen and oxygen atoms in total. The van der Waals surface area contributed by atoms with Crippen LogP contribution in [0.2, 0.25) is 0 Å². The lowest BCUT2D eigenvalue weighted by Gasteiger charge is -2.26. The molecule has 59 heavy (non-hydrogen) atoms. The minimum Gasteiger partial charge on any atom is -0.495 e. The summed E-state index contributed by atoms with van der Waals surface area (Å²) in [6.45, 7) is 1.44. The van der Waals surface area contributed by atoms with Crippen LogP contribution in [0.25, 0.3) is 5.52 Å². The number of benzene rings is 1. The average Bonchev–Trinajstić information content (AvgIpc) is 3.78. The van der Waals surface area contributed by atoms with Gasteiger partial charge in [-0.05, 0) is 36.2 Å². The first-order chi connectivity index (χ1) is 28.6. The SMILES string of the molecule is CCCCCCCCCCCCCCCCCCOC[C@H](COP(=O)(O)OC[C@@]1(C#N)O[C@@H](c2ccc3c(N)ncnn23)[C@H](O)[C@@H]1O)OCc1ccc(OC)c(C#N)c1. The zero-order chi connectivity index (χ0) is 42.5. The van der Waals surface area contributed by atoms with E-state index in [9.17, 15) is 30.2 Å². The van der Waals surface area contributed by atoms with Gasteiger partial charge in [0.2, 0.25) is 5.60 Å². The van der Waals surface area contributed by atoms with E-state index in [1.807, 2.05) is 0 Å². The first-order valence-corrected chi connectivity index (χ1v) is 22.5. The highest BCUT2D eigenvalue weighted by Gasteiger charge is 2.57. The topological polar surface area (TPSA) is 237 Å². The first-order valence-electron chi connectivity index (χ1n) is 21.0. The molecule has 1 fully saturated rings. The highest BCUT2D eigenvalue weighted by Crippen LogP contribution is 2.47. The molecule has 0 spiro atoms. The minimum absolute atomic E-state index is 0.0353. The smallest absolute Gasteiger partial charge is 0.472 e. The van der Waals surface area contributed by atoms with Crippen molar-refractivity contribution in [3.63, 3.8) is 0 Å². The van der Waals surface area contributed by atoms with Gasteiger partial charge in [-0.15, -0.1) is 0 Å². The number of rotatable bonds is 30. The number of aromatic nitrogens is 3. The highest BCUT2D eigenvalue weighted by molar-refractivity contribution is 7.47. The maximum Gasteiger partial charge on any atom is 0.472 e. The van der Waals surface area contributed by atoms with Crippen LogP contribution < -0.4 is 10.5 Å². The number of hydrogen-bond donors (Lipinski definition) is 4. The van der Waals surface area contributed by atoms with Crippen molar-refractivity contribution in [3.8, 4) is 17.9 Å². The molecule has 3 heterocycles. The number of aliphatic hydroxyl groups excluding tert-OH is 2. The summed E-state index contributed by atoms with van der Waals surface area (Å²) in [5.74, 6) is 0.582. The molecular formula is C42H63N6O10P. The van der Waals surface area contributed by atoms with E-state index in [4.69, 9.17) is 33.7 Å². The molecule has 326 valence electrons. The van der Waals surface area contributed by atoms with Gasteiger partial charge in [0, 0.05) is 6.61 Å². The third-order valence-corrected chi connectivity index (χ3v) is 11.6. The largest absolute Gasteiger partial charge is 0.495 e. The predicted octanol–water partition coefficient (Wildman–Crippen LogP) is 7.24. The van der Waals surface area contributed by atoms with Crippen molar-refractivity contribution in [2.75, 3.05) is 39.3 Å². The number of aliphatic hydroxyl groups is 2. The van der Waals surface area contributed by atoms with Crippen molar-refractivity contribution in [2.45, 2.75) is 146 Å². The van der Waals surface area contributed by atoms with Crippen molar-refractivity contribution < 1.29 is 47.7 Å². The Morgan fingerprint density at radius 1 is 0.932 bits per heavy atom. The lowest BCUT2D eigenvalue weighted by Crippen LogP contribution is -2.45. The Morgan fingerprint density at radius 3 is 2.19 bits per heavy atom. The Balaban J connectivity index is 1.22. The van der Waals surface area contributed by atoms with Crippen LogP contribution >= 0.6 is 7.82 Å². The first kappa shape index (κ1) is 48.0.